The molecule has 2 amide bonds. The number of nitrogens with two attached hydrogens (primary N) is 2. The molecule has 0 aliphatic carbocycles. The molecule has 1 unspecified atom stereocenters. The molecule has 3 atom stereocenters. The van der Waals surface area contributed by atoms with E-state index in [4.69, 9.17) is 26.8 Å². The van der Waals surface area contributed by atoms with Crippen molar-refractivity contribution in [1.29, 1.82) is 0 Å². The molecule has 13 heteroatoms. The Bertz CT molecular complexity index is 587. The van der Waals surface area contributed by atoms with Gasteiger partial charge in [0.2, 0.25) is 11.8 Å². The molecule has 0 saturated carbocycles. The number of rotatable bonds is 13. The number of carbonyl (C=O) groups excluding carboxylic acids is 2. The summed E-state index contributed by atoms with van der Waals surface area (Å²) in [4.78, 5) is 53.7. The van der Waals surface area contributed by atoms with Crippen molar-refractivity contribution in [2.75, 3.05) is 12.3 Å². The second-order valence-corrected chi connectivity index (χ2v) is 6.09. The van der Waals surface area contributed by atoms with Gasteiger partial charge in [-0.1, -0.05) is 6.08 Å². The van der Waals surface area contributed by atoms with E-state index < -0.39 is 48.4 Å². The number of nitrogens with one attached hydrogen (secondary N) is 2. The predicted octanol–water partition coefficient (Wildman–Crippen LogP) is -1.84. The Labute approximate surface area is 173 Å². The lowest BCUT2D eigenvalue weighted by molar-refractivity contribution is -0.139. The Hall–Kier alpha value is -2.64. The molecule has 0 aromatic carbocycles. The molecule has 0 aromatic rings. The van der Waals surface area contributed by atoms with Gasteiger partial charge in [-0.15, -0.1) is 6.58 Å². The number of carboxylic acids is 3. The molecule has 0 aliphatic heterocycles. The summed E-state index contributed by atoms with van der Waals surface area (Å²) in [6.07, 6.45) is 1.90. The molecule has 0 radical (unpaired) electrons. The number of hydrogen-bond acceptors (Lipinski definition) is 8. The van der Waals surface area contributed by atoms with Gasteiger partial charge in [0.15, 0.2) is 0 Å². The molecule has 29 heavy (non-hydrogen) atoms. The van der Waals surface area contributed by atoms with Crippen LogP contribution in [0.2, 0.25) is 0 Å². The average molecular weight is 436 g/mol. The minimum atomic E-state index is -1.22. The predicted molar refractivity (Wildman–Crippen MR) is 106 cm³/mol. The summed E-state index contributed by atoms with van der Waals surface area (Å²) in [7, 11) is 0. The number of hydrogen-bond donors (Lipinski definition) is 8. The molecule has 166 valence electrons. The van der Waals surface area contributed by atoms with Crippen molar-refractivity contribution in [3.8, 4) is 0 Å². The molecule has 0 aliphatic rings. The smallest absolute Gasteiger partial charge is 0.322 e. The Kier molecular flexibility index (Phi) is 16.1. The van der Waals surface area contributed by atoms with Crippen LogP contribution in [0.4, 0.5) is 0 Å². The summed E-state index contributed by atoms with van der Waals surface area (Å²) < 4.78 is 0. The van der Waals surface area contributed by atoms with Crippen LogP contribution in [-0.4, -0.2) is 75.5 Å². The molecule has 0 saturated heterocycles. The van der Waals surface area contributed by atoms with Gasteiger partial charge < -0.3 is 37.4 Å². The van der Waals surface area contributed by atoms with E-state index in [0.717, 1.165) is 0 Å². The first-order valence-corrected chi connectivity index (χ1v) is 9.05. The van der Waals surface area contributed by atoms with Crippen LogP contribution in [0.5, 0.6) is 0 Å². The summed E-state index contributed by atoms with van der Waals surface area (Å²) >= 11 is 3.87. The molecule has 0 rings (SSSR count). The third-order valence-corrected chi connectivity index (χ3v) is 3.61. The molecule has 12 nitrogen and oxygen atoms in total. The fraction of sp³-hybridized carbons (Fsp3) is 0.562. The molecule has 9 N–H and O–H groups in total. The lowest BCUT2D eigenvalue weighted by Gasteiger charge is -2.16. The fourth-order valence-corrected chi connectivity index (χ4v) is 1.82. The summed E-state index contributed by atoms with van der Waals surface area (Å²) in [6.45, 7) is 2.85. The van der Waals surface area contributed by atoms with E-state index in [0.29, 0.717) is 6.42 Å². The summed E-state index contributed by atoms with van der Waals surface area (Å²) in [5, 5.41) is 29.5. The first kappa shape index (κ1) is 28.6. The van der Waals surface area contributed by atoms with Crippen molar-refractivity contribution in [2.24, 2.45) is 11.5 Å². The fourth-order valence-electron chi connectivity index (χ4n) is 1.56. The standard InChI is InChI=1S/C10H17N3O6S.C6H11NO2/c11-5(10(18)19)1-2-7(14)13-6(4-20)9(17)12-3-8(15)16;1-2-5(7)3-4-6(8)9/h5-6,20H,1-4,11H2,(H,12,17)(H,13,14)(H,15,16)(H,18,19);2,5H,1,3-4,7H2,(H,8,9)/t5-,6-;/m0./s1. The molecule has 0 fully saturated rings. The van der Waals surface area contributed by atoms with Crippen LogP contribution in [0.1, 0.15) is 25.7 Å². The topological polar surface area (TPSA) is 222 Å². The van der Waals surface area contributed by atoms with Crippen LogP contribution < -0.4 is 22.1 Å². The summed E-state index contributed by atoms with van der Waals surface area (Å²) in [5.74, 6) is -4.52. The van der Waals surface area contributed by atoms with E-state index in [-0.39, 0.29) is 31.1 Å². The summed E-state index contributed by atoms with van der Waals surface area (Å²) in [5.41, 5.74) is 10.6. The lowest BCUT2D eigenvalue weighted by atomic mass is 10.1. The van der Waals surface area contributed by atoms with Gasteiger partial charge in [-0.2, -0.15) is 12.6 Å². The van der Waals surface area contributed by atoms with Gasteiger partial charge in [-0.05, 0) is 12.8 Å². The van der Waals surface area contributed by atoms with E-state index >= 15 is 0 Å². The zero-order valence-corrected chi connectivity index (χ0v) is 16.6. The molecular formula is C16H28N4O8S. The van der Waals surface area contributed by atoms with Gasteiger partial charge in [-0.3, -0.25) is 24.0 Å². The lowest BCUT2D eigenvalue weighted by Crippen LogP contribution is -2.49. The highest BCUT2D eigenvalue weighted by Crippen LogP contribution is 1.97. The Morgan fingerprint density at radius 1 is 1.00 bits per heavy atom. The Morgan fingerprint density at radius 2 is 1.59 bits per heavy atom. The van der Waals surface area contributed by atoms with Gasteiger partial charge in [0.1, 0.15) is 18.6 Å². The van der Waals surface area contributed by atoms with Crippen molar-refractivity contribution >= 4 is 42.4 Å². The van der Waals surface area contributed by atoms with Crippen LogP contribution in [0.3, 0.4) is 0 Å². The largest absolute Gasteiger partial charge is 0.481 e. The van der Waals surface area contributed by atoms with Gasteiger partial charge in [0.25, 0.3) is 0 Å². The normalized spacial score (nSPS) is 12.9. The minimum absolute atomic E-state index is 0.0256. The Balaban J connectivity index is 0. The van der Waals surface area contributed by atoms with Crippen molar-refractivity contribution in [3.05, 3.63) is 12.7 Å². The zero-order valence-electron chi connectivity index (χ0n) is 15.7. The summed E-state index contributed by atoms with van der Waals surface area (Å²) in [6, 6.07) is -2.33. The van der Waals surface area contributed by atoms with E-state index in [1.165, 1.54) is 0 Å². The second kappa shape index (κ2) is 16.3. The first-order valence-electron chi connectivity index (χ1n) is 8.42. The third kappa shape index (κ3) is 17.2. The van der Waals surface area contributed by atoms with Crippen LogP contribution in [0.15, 0.2) is 12.7 Å². The van der Waals surface area contributed by atoms with Gasteiger partial charge in [0, 0.05) is 24.6 Å². The van der Waals surface area contributed by atoms with Gasteiger partial charge in [0.05, 0.1) is 0 Å². The van der Waals surface area contributed by atoms with Crippen LogP contribution in [-0.2, 0) is 24.0 Å². The zero-order chi connectivity index (χ0) is 23.0. The maximum Gasteiger partial charge on any atom is 0.322 e. The number of amides is 2. The van der Waals surface area contributed by atoms with Crippen LogP contribution >= 0.6 is 12.6 Å². The minimum Gasteiger partial charge on any atom is -0.481 e. The van der Waals surface area contributed by atoms with Crippen LogP contribution in [0.25, 0.3) is 0 Å². The monoisotopic (exact) mass is 436 g/mol. The van der Waals surface area contributed by atoms with Crippen LogP contribution in [0, 0.1) is 0 Å². The highest BCUT2D eigenvalue weighted by Gasteiger charge is 2.20. The number of thiol groups is 1. The number of aliphatic carboxylic acids is 3. The van der Waals surface area contributed by atoms with Gasteiger partial charge >= 0.3 is 17.9 Å². The average Bonchev–Trinajstić information content (AvgIpc) is 2.66. The molecule has 0 aromatic heterocycles. The van der Waals surface area contributed by atoms with Crippen molar-refractivity contribution in [3.63, 3.8) is 0 Å². The maximum absolute atomic E-state index is 11.5. The quantitative estimate of drug-likeness (QED) is 0.119. The number of carboxylic acid groups (broad SMARTS) is 3. The molecule has 0 bridgehead atoms. The Morgan fingerprint density at radius 3 is 2.00 bits per heavy atom. The van der Waals surface area contributed by atoms with E-state index in [9.17, 15) is 24.0 Å². The third-order valence-electron chi connectivity index (χ3n) is 3.24. The highest BCUT2D eigenvalue weighted by atomic mass is 32.1. The molecule has 0 heterocycles. The van der Waals surface area contributed by atoms with Crippen molar-refractivity contribution < 1.29 is 39.3 Å². The maximum atomic E-state index is 11.5. The van der Waals surface area contributed by atoms with Gasteiger partial charge in [-0.25, -0.2) is 0 Å². The molecular weight excluding hydrogens is 408 g/mol. The number of carbonyl (C=O) groups is 5. The van der Waals surface area contributed by atoms with E-state index in [1.54, 1.807) is 6.08 Å². The van der Waals surface area contributed by atoms with E-state index in [1.807, 2.05) is 0 Å². The van der Waals surface area contributed by atoms with Crippen molar-refractivity contribution in [2.45, 2.75) is 43.8 Å². The molecule has 0 spiro atoms. The van der Waals surface area contributed by atoms with Crippen molar-refractivity contribution in [1.82, 2.24) is 10.6 Å². The van der Waals surface area contributed by atoms with E-state index in [2.05, 4.69) is 29.8 Å². The second-order valence-electron chi connectivity index (χ2n) is 5.73. The highest BCUT2D eigenvalue weighted by molar-refractivity contribution is 7.80. The first-order chi connectivity index (χ1) is 13.4. The SMILES string of the molecule is C=CC(N)CCC(=O)O.N[C@@H](CCC(=O)N[C@@H](CS)C(=O)NCC(=O)O)C(=O)O.